The normalized spacial score (nSPS) is 14.3. The number of hydrogen-bond donors (Lipinski definition) is 3. The highest BCUT2D eigenvalue weighted by atomic mass is 16.2. The molecule has 0 radical (unpaired) electrons. The highest BCUT2D eigenvalue weighted by Crippen LogP contribution is 2.08. The Balaban J connectivity index is 3.10. The van der Waals surface area contributed by atoms with E-state index in [-0.39, 0.29) is 11.1 Å². The molecule has 1 amide bonds. The highest BCUT2D eigenvalue weighted by Gasteiger charge is 2.35. The molecule has 0 aliphatic carbocycles. The molecule has 1 heterocycles. The van der Waals surface area contributed by atoms with Crippen LogP contribution in [-0.2, 0) is 4.79 Å². The first-order valence-electron chi connectivity index (χ1n) is 4.18. The summed E-state index contributed by atoms with van der Waals surface area (Å²) in [5.74, 6) is -1.55. The number of ketones is 1. The molecule has 6 heteroatoms. The fourth-order valence-electron chi connectivity index (χ4n) is 0.964. The fraction of sp³-hybridized carbons (Fsp3) is 0.222. The van der Waals surface area contributed by atoms with Gasteiger partial charge in [0.15, 0.2) is 11.3 Å². The van der Waals surface area contributed by atoms with E-state index in [9.17, 15) is 14.4 Å². The Bertz CT molecular complexity index is 441. The minimum absolute atomic E-state index is 0.137. The van der Waals surface area contributed by atoms with Gasteiger partial charge in [-0.25, -0.2) is 0 Å². The van der Waals surface area contributed by atoms with Crippen LogP contribution in [0.25, 0.3) is 0 Å². The predicted octanol–water partition coefficient (Wildman–Crippen LogP) is -1.24. The van der Waals surface area contributed by atoms with Crippen LogP contribution < -0.4 is 17.0 Å². The van der Waals surface area contributed by atoms with Crippen LogP contribution >= 0.6 is 0 Å². The summed E-state index contributed by atoms with van der Waals surface area (Å²) in [5.41, 5.74) is 8.47. The van der Waals surface area contributed by atoms with E-state index in [0.29, 0.717) is 0 Å². The summed E-state index contributed by atoms with van der Waals surface area (Å²) in [6.45, 7) is 1.22. The maximum Gasteiger partial charge on any atom is 0.247 e. The van der Waals surface area contributed by atoms with Crippen molar-refractivity contribution >= 4 is 11.7 Å². The molecule has 0 unspecified atom stereocenters. The van der Waals surface area contributed by atoms with Gasteiger partial charge in [-0.05, 0) is 13.0 Å². The second-order valence-electron chi connectivity index (χ2n) is 3.34. The van der Waals surface area contributed by atoms with Crippen molar-refractivity contribution in [2.24, 2.45) is 11.5 Å². The summed E-state index contributed by atoms with van der Waals surface area (Å²) < 4.78 is 0. The first-order valence-corrected chi connectivity index (χ1v) is 4.18. The number of pyridine rings is 1. The number of primary amides is 1. The second kappa shape index (κ2) is 3.66. The van der Waals surface area contributed by atoms with Crippen molar-refractivity contribution in [1.29, 1.82) is 0 Å². The maximum absolute atomic E-state index is 11.7. The Hall–Kier alpha value is -1.95. The largest absolute Gasteiger partial charge is 0.368 e. The molecular weight excluding hydrogens is 198 g/mol. The van der Waals surface area contributed by atoms with Gasteiger partial charge in [-0.2, -0.15) is 0 Å². The zero-order chi connectivity index (χ0) is 11.6. The Morgan fingerprint density at radius 1 is 1.40 bits per heavy atom. The molecular formula is C9H11N3O3. The standard InChI is InChI=1S/C9H11N3O3/c1-9(11,8(10)15)7(14)5-2-3-6(13)12-4-5/h2-4H,11H2,1H3,(H2,10,15)(H,12,13)/t9-/m0/s1. The van der Waals surface area contributed by atoms with Crippen LogP contribution in [0.4, 0.5) is 0 Å². The van der Waals surface area contributed by atoms with Crippen LogP contribution in [0, 0.1) is 0 Å². The van der Waals surface area contributed by atoms with Gasteiger partial charge in [0.05, 0.1) is 0 Å². The van der Waals surface area contributed by atoms with Gasteiger partial charge >= 0.3 is 0 Å². The molecule has 15 heavy (non-hydrogen) atoms. The molecule has 1 aromatic rings. The minimum Gasteiger partial charge on any atom is -0.368 e. The average Bonchev–Trinajstić information content (AvgIpc) is 2.17. The van der Waals surface area contributed by atoms with Crippen molar-refractivity contribution in [1.82, 2.24) is 4.98 Å². The monoisotopic (exact) mass is 209 g/mol. The number of rotatable bonds is 3. The molecule has 0 aromatic carbocycles. The molecule has 0 aliphatic rings. The molecule has 1 rings (SSSR count). The lowest BCUT2D eigenvalue weighted by Gasteiger charge is -2.18. The molecule has 0 bridgehead atoms. The predicted molar refractivity (Wildman–Crippen MR) is 53.2 cm³/mol. The van der Waals surface area contributed by atoms with E-state index in [2.05, 4.69) is 4.98 Å². The van der Waals surface area contributed by atoms with Gasteiger partial charge in [-0.15, -0.1) is 0 Å². The molecule has 0 saturated carbocycles. The van der Waals surface area contributed by atoms with Crippen LogP contribution in [0.2, 0.25) is 0 Å². The van der Waals surface area contributed by atoms with Crippen LogP contribution in [0.3, 0.4) is 0 Å². The first-order chi connectivity index (χ1) is 6.85. The number of carbonyl (C=O) groups excluding carboxylic acids is 2. The van der Waals surface area contributed by atoms with E-state index < -0.39 is 17.2 Å². The quantitative estimate of drug-likeness (QED) is 0.426. The Morgan fingerprint density at radius 2 is 2.00 bits per heavy atom. The molecule has 5 N–H and O–H groups in total. The van der Waals surface area contributed by atoms with Gasteiger partial charge in [0.2, 0.25) is 11.5 Å². The maximum atomic E-state index is 11.7. The molecule has 0 fully saturated rings. The molecule has 0 aliphatic heterocycles. The Morgan fingerprint density at radius 3 is 2.40 bits per heavy atom. The van der Waals surface area contributed by atoms with Crippen molar-refractivity contribution in [3.8, 4) is 0 Å². The van der Waals surface area contributed by atoms with Gasteiger partial charge in [0.25, 0.3) is 0 Å². The third-order valence-electron chi connectivity index (χ3n) is 2.03. The van der Waals surface area contributed by atoms with Gasteiger partial charge in [-0.3, -0.25) is 14.4 Å². The molecule has 80 valence electrons. The molecule has 0 spiro atoms. The number of hydrogen-bond acceptors (Lipinski definition) is 4. The lowest BCUT2D eigenvalue weighted by Crippen LogP contribution is -2.55. The zero-order valence-electron chi connectivity index (χ0n) is 8.11. The van der Waals surface area contributed by atoms with Crippen molar-refractivity contribution < 1.29 is 9.59 Å². The average molecular weight is 209 g/mol. The number of aromatic amines is 1. The van der Waals surface area contributed by atoms with Crippen LogP contribution in [0.1, 0.15) is 17.3 Å². The molecule has 0 saturated heterocycles. The number of nitrogens with one attached hydrogen (secondary N) is 1. The lowest BCUT2D eigenvalue weighted by atomic mass is 9.92. The third-order valence-corrected chi connectivity index (χ3v) is 2.03. The summed E-state index contributed by atoms with van der Waals surface area (Å²) in [5, 5.41) is 0. The lowest BCUT2D eigenvalue weighted by molar-refractivity contribution is -0.121. The smallest absolute Gasteiger partial charge is 0.247 e. The molecule has 1 aromatic heterocycles. The van der Waals surface area contributed by atoms with Crippen LogP contribution in [-0.4, -0.2) is 22.2 Å². The number of carbonyl (C=O) groups is 2. The van der Waals surface area contributed by atoms with Crippen LogP contribution in [0.5, 0.6) is 0 Å². The number of Topliss-reactive ketones (excluding diaryl/α,β-unsaturated/α-hetero) is 1. The van der Waals surface area contributed by atoms with Crippen molar-refractivity contribution in [2.75, 3.05) is 0 Å². The first kappa shape index (κ1) is 11.1. The van der Waals surface area contributed by atoms with E-state index in [1.807, 2.05) is 0 Å². The minimum atomic E-state index is -1.77. The van der Waals surface area contributed by atoms with E-state index in [4.69, 9.17) is 11.5 Å². The van der Waals surface area contributed by atoms with Gasteiger partial charge in [0, 0.05) is 17.8 Å². The Labute approximate surface area is 85.3 Å². The highest BCUT2D eigenvalue weighted by molar-refractivity contribution is 6.16. The van der Waals surface area contributed by atoms with E-state index in [0.717, 1.165) is 0 Å². The summed E-state index contributed by atoms with van der Waals surface area (Å²) in [7, 11) is 0. The third kappa shape index (κ3) is 2.10. The number of amides is 1. The summed E-state index contributed by atoms with van der Waals surface area (Å²) in [4.78, 5) is 35.6. The summed E-state index contributed by atoms with van der Waals surface area (Å²) in [6, 6.07) is 2.46. The fourth-order valence-corrected chi connectivity index (χ4v) is 0.964. The zero-order valence-corrected chi connectivity index (χ0v) is 8.11. The molecule has 1 atom stereocenters. The van der Waals surface area contributed by atoms with Gasteiger partial charge in [0.1, 0.15) is 0 Å². The summed E-state index contributed by atoms with van der Waals surface area (Å²) in [6.07, 6.45) is 1.19. The number of aromatic nitrogens is 1. The van der Waals surface area contributed by atoms with E-state index in [1.165, 1.54) is 25.3 Å². The summed E-state index contributed by atoms with van der Waals surface area (Å²) >= 11 is 0. The second-order valence-corrected chi connectivity index (χ2v) is 3.34. The van der Waals surface area contributed by atoms with Gasteiger partial charge < -0.3 is 16.5 Å². The SMILES string of the molecule is C[C@@](N)(C(N)=O)C(=O)c1ccc(=O)[nH]c1. The van der Waals surface area contributed by atoms with Gasteiger partial charge in [-0.1, -0.05) is 0 Å². The van der Waals surface area contributed by atoms with E-state index >= 15 is 0 Å². The van der Waals surface area contributed by atoms with E-state index in [1.54, 1.807) is 0 Å². The van der Waals surface area contributed by atoms with Crippen LogP contribution in [0.15, 0.2) is 23.1 Å². The number of nitrogens with two attached hydrogens (primary N) is 2. The van der Waals surface area contributed by atoms with Crippen molar-refractivity contribution in [3.05, 3.63) is 34.2 Å². The Kier molecular flexibility index (Phi) is 2.71. The van der Waals surface area contributed by atoms with Crippen molar-refractivity contribution in [2.45, 2.75) is 12.5 Å². The van der Waals surface area contributed by atoms with Crippen molar-refractivity contribution in [3.63, 3.8) is 0 Å². The number of H-pyrrole nitrogens is 1. The molecule has 6 nitrogen and oxygen atoms in total. The topological polar surface area (TPSA) is 119 Å².